The number of ketones is 1. The SMILES string of the molecule is O=C(CCCCC1SCC2NC(=O)NC21)NCCCCCCOc1ccc(CNC(=O)c2ccc(C(=O)C(F)(F)F)s2)cc1. The largest absolute Gasteiger partial charge is 0.494 e. The number of fused-ring (bicyclic) bond motifs is 1. The number of rotatable bonds is 17. The molecule has 4 N–H and O–H groups in total. The number of carbonyl (C=O) groups excluding carboxylic acids is 4. The number of ether oxygens (including phenoxy) is 1. The summed E-state index contributed by atoms with van der Waals surface area (Å²) >= 11 is 2.40. The third-order valence-corrected chi connectivity index (χ3v) is 10.0. The second-order valence-electron chi connectivity index (χ2n) is 10.8. The third-order valence-electron chi connectivity index (χ3n) is 7.43. The number of benzene rings is 1. The van der Waals surface area contributed by atoms with Gasteiger partial charge in [-0.2, -0.15) is 24.9 Å². The fraction of sp³-hybridized carbons (Fsp3) is 0.533. The van der Waals surface area contributed by atoms with E-state index in [1.54, 1.807) is 24.3 Å². The Morgan fingerprint density at radius 1 is 0.909 bits per heavy atom. The smallest absolute Gasteiger partial charge is 0.455 e. The fourth-order valence-corrected chi connectivity index (χ4v) is 7.48. The summed E-state index contributed by atoms with van der Waals surface area (Å²) in [5, 5.41) is 12.0. The molecule has 3 unspecified atom stereocenters. The summed E-state index contributed by atoms with van der Waals surface area (Å²) in [7, 11) is 0. The van der Waals surface area contributed by atoms with Crippen LogP contribution in [0.2, 0.25) is 0 Å². The van der Waals surface area contributed by atoms with Gasteiger partial charge in [-0.1, -0.05) is 31.4 Å². The van der Waals surface area contributed by atoms with Gasteiger partial charge in [0.05, 0.1) is 28.4 Å². The van der Waals surface area contributed by atoms with E-state index in [0.717, 1.165) is 62.3 Å². The van der Waals surface area contributed by atoms with Gasteiger partial charge < -0.3 is 26.0 Å². The van der Waals surface area contributed by atoms with Gasteiger partial charge in [0.1, 0.15) is 5.75 Å². The third kappa shape index (κ3) is 10.1. The molecule has 14 heteroatoms. The summed E-state index contributed by atoms with van der Waals surface area (Å²) in [6, 6.07) is 9.75. The van der Waals surface area contributed by atoms with Crippen molar-refractivity contribution in [3.63, 3.8) is 0 Å². The molecule has 9 nitrogen and oxygen atoms in total. The lowest BCUT2D eigenvalue weighted by Gasteiger charge is -2.16. The Hall–Kier alpha value is -3.26. The number of carbonyl (C=O) groups is 4. The summed E-state index contributed by atoms with van der Waals surface area (Å²) in [6.45, 7) is 1.40. The van der Waals surface area contributed by atoms with E-state index in [1.165, 1.54) is 6.07 Å². The second-order valence-corrected chi connectivity index (χ2v) is 13.2. The fourth-order valence-electron chi connectivity index (χ4n) is 5.06. The van der Waals surface area contributed by atoms with Crippen LogP contribution < -0.4 is 26.0 Å². The summed E-state index contributed by atoms with van der Waals surface area (Å²) in [5.41, 5.74) is 0.790. The Labute approximate surface area is 262 Å². The Bertz CT molecular complexity index is 1290. The summed E-state index contributed by atoms with van der Waals surface area (Å²) in [4.78, 5) is 46.6. The van der Waals surface area contributed by atoms with Crippen LogP contribution in [0.5, 0.6) is 5.75 Å². The summed E-state index contributed by atoms with van der Waals surface area (Å²) in [6.07, 6.45) is 2.13. The van der Waals surface area contributed by atoms with Crippen LogP contribution in [0.3, 0.4) is 0 Å². The number of halogens is 3. The van der Waals surface area contributed by atoms with Crippen molar-refractivity contribution >= 4 is 46.7 Å². The van der Waals surface area contributed by atoms with Crippen molar-refractivity contribution in [3.8, 4) is 5.75 Å². The molecule has 4 rings (SSSR count). The number of unbranched alkanes of at least 4 members (excludes halogenated alkanes) is 4. The van der Waals surface area contributed by atoms with Crippen LogP contribution in [0.25, 0.3) is 0 Å². The van der Waals surface area contributed by atoms with E-state index in [-0.39, 0.29) is 35.4 Å². The van der Waals surface area contributed by atoms with Crippen LogP contribution >= 0.6 is 23.1 Å². The number of hydrogen-bond donors (Lipinski definition) is 4. The average Bonchev–Trinajstić information content (AvgIpc) is 3.72. The van der Waals surface area contributed by atoms with Crippen LogP contribution in [0.15, 0.2) is 36.4 Å². The molecule has 2 fully saturated rings. The maximum absolute atomic E-state index is 12.6. The van der Waals surface area contributed by atoms with Gasteiger partial charge in [-0.15, -0.1) is 11.3 Å². The van der Waals surface area contributed by atoms with Gasteiger partial charge in [0.25, 0.3) is 11.7 Å². The molecule has 2 saturated heterocycles. The van der Waals surface area contributed by atoms with Gasteiger partial charge in [0.15, 0.2) is 0 Å². The first kappa shape index (κ1) is 33.6. The zero-order valence-electron chi connectivity index (χ0n) is 24.2. The zero-order chi connectivity index (χ0) is 31.5. The maximum Gasteiger partial charge on any atom is 0.455 e. The minimum Gasteiger partial charge on any atom is -0.494 e. The topological polar surface area (TPSA) is 126 Å². The van der Waals surface area contributed by atoms with Crippen molar-refractivity contribution in [2.45, 2.75) is 81.4 Å². The molecule has 0 radical (unpaired) electrons. The molecule has 0 spiro atoms. The quantitative estimate of drug-likeness (QED) is 0.106. The zero-order valence-corrected chi connectivity index (χ0v) is 25.8. The first-order chi connectivity index (χ1) is 21.1. The van der Waals surface area contributed by atoms with E-state index in [4.69, 9.17) is 4.74 Å². The molecule has 1 aromatic carbocycles. The molecule has 0 bridgehead atoms. The lowest BCUT2D eigenvalue weighted by Crippen LogP contribution is -2.36. The number of thiophene rings is 1. The minimum absolute atomic E-state index is 0.0307. The maximum atomic E-state index is 12.6. The number of Topliss-reactive ketones (excluding diaryl/α,β-unsaturated/α-hetero) is 1. The van der Waals surface area contributed by atoms with E-state index in [0.29, 0.717) is 41.9 Å². The van der Waals surface area contributed by atoms with Crippen molar-refractivity contribution in [2.75, 3.05) is 18.9 Å². The monoisotopic (exact) mass is 654 g/mol. The van der Waals surface area contributed by atoms with E-state index in [2.05, 4.69) is 21.3 Å². The predicted molar refractivity (Wildman–Crippen MR) is 163 cm³/mol. The van der Waals surface area contributed by atoms with Crippen molar-refractivity contribution in [3.05, 3.63) is 51.7 Å². The van der Waals surface area contributed by atoms with Crippen molar-refractivity contribution < 1.29 is 37.1 Å². The summed E-state index contributed by atoms with van der Waals surface area (Å²) < 4.78 is 43.4. The standard InChI is InChI=1S/C30H37F3N4O5S2/c31-30(32,33)27(39)23-13-14-24(44-23)28(40)35-17-19-9-11-20(12-10-19)42-16-6-2-1-5-15-34-25(38)8-4-3-7-22-26-21(18-43-22)36-29(41)37-26/h9-14,21-22,26H,1-8,15-18H2,(H,34,38)(H,35,40)(H2,36,37,41). The Kier molecular flexibility index (Phi) is 12.4. The molecular weight excluding hydrogens is 617 g/mol. The highest BCUT2D eigenvalue weighted by Gasteiger charge is 2.42. The lowest BCUT2D eigenvalue weighted by atomic mass is 10.0. The number of amides is 4. The van der Waals surface area contributed by atoms with Crippen LogP contribution in [-0.2, 0) is 11.3 Å². The molecule has 2 aliphatic heterocycles. The van der Waals surface area contributed by atoms with Gasteiger partial charge in [0.2, 0.25) is 5.91 Å². The Morgan fingerprint density at radius 2 is 1.66 bits per heavy atom. The molecule has 240 valence electrons. The Balaban J connectivity index is 0.985. The normalized spacial score (nSPS) is 19.2. The van der Waals surface area contributed by atoms with Gasteiger partial charge >= 0.3 is 12.2 Å². The molecule has 1 aromatic heterocycles. The predicted octanol–water partition coefficient (Wildman–Crippen LogP) is 5.20. The first-order valence-corrected chi connectivity index (χ1v) is 16.6. The van der Waals surface area contributed by atoms with Crippen molar-refractivity contribution in [1.82, 2.24) is 21.3 Å². The lowest BCUT2D eigenvalue weighted by molar-refractivity contribution is -0.121. The number of thioether (sulfide) groups is 1. The second kappa shape index (κ2) is 16.2. The molecule has 0 aliphatic carbocycles. The van der Waals surface area contributed by atoms with Crippen molar-refractivity contribution in [2.24, 2.45) is 0 Å². The van der Waals surface area contributed by atoms with Crippen LogP contribution in [-0.4, -0.2) is 66.0 Å². The van der Waals surface area contributed by atoms with E-state index < -0.39 is 22.7 Å². The number of alkyl halides is 3. The van der Waals surface area contributed by atoms with Gasteiger partial charge in [-0.05, 0) is 55.5 Å². The molecule has 3 heterocycles. The average molecular weight is 655 g/mol. The first-order valence-electron chi connectivity index (χ1n) is 14.8. The van der Waals surface area contributed by atoms with E-state index >= 15 is 0 Å². The molecule has 3 atom stereocenters. The molecule has 2 aromatic rings. The number of hydrogen-bond acceptors (Lipinski definition) is 7. The van der Waals surface area contributed by atoms with Crippen LogP contribution in [0.1, 0.15) is 76.3 Å². The van der Waals surface area contributed by atoms with Gasteiger partial charge in [0, 0.05) is 30.5 Å². The van der Waals surface area contributed by atoms with Gasteiger partial charge in [-0.25, -0.2) is 4.79 Å². The van der Waals surface area contributed by atoms with E-state index in [9.17, 15) is 32.3 Å². The van der Waals surface area contributed by atoms with E-state index in [1.807, 2.05) is 11.8 Å². The molecule has 4 amide bonds. The van der Waals surface area contributed by atoms with Crippen LogP contribution in [0.4, 0.5) is 18.0 Å². The molecule has 44 heavy (non-hydrogen) atoms. The minimum atomic E-state index is -4.97. The summed E-state index contributed by atoms with van der Waals surface area (Å²) in [5.74, 6) is -0.788. The number of urea groups is 1. The highest BCUT2D eigenvalue weighted by Crippen LogP contribution is 2.33. The van der Waals surface area contributed by atoms with Crippen LogP contribution in [0, 0.1) is 0 Å². The van der Waals surface area contributed by atoms with Gasteiger partial charge in [-0.3, -0.25) is 14.4 Å². The molecule has 2 aliphatic rings. The Morgan fingerprint density at radius 3 is 2.43 bits per heavy atom. The highest BCUT2D eigenvalue weighted by atomic mass is 32.2. The molecular formula is C30H37F3N4O5S2. The number of nitrogens with one attached hydrogen (secondary N) is 4. The highest BCUT2D eigenvalue weighted by molar-refractivity contribution is 8.00. The molecule has 0 saturated carbocycles. The van der Waals surface area contributed by atoms with Crippen molar-refractivity contribution in [1.29, 1.82) is 0 Å².